The van der Waals surface area contributed by atoms with Gasteiger partial charge in [-0.2, -0.15) is 19.1 Å². The molecule has 0 unspecified atom stereocenters. The molecule has 0 atom stereocenters. The highest BCUT2D eigenvalue weighted by Gasteiger charge is 2.25. The number of nitriles is 1. The van der Waals surface area contributed by atoms with Crippen LogP contribution in [0.25, 0.3) is 16.9 Å². The number of rotatable bonds is 6. The SMILES string of the molecule is CC(C)c1cnc(-c2ccc3cc(C#N)cnn23)cc1NC1CCC(c2ccn(C(F)F)c2)CC1. The minimum Gasteiger partial charge on any atom is -0.382 e. The third-order valence-corrected chi connectivity index (χ3v) is 6.97. The predicted octanol–water partition coefficient (Wildman–Crippen LogP) is 6.73. The van der Waals surface area contributed by atoms with E-state index in [2.05, 4.69) is 36.4 Å². The van der Waals surface area contributed by atoms with Crippen LogP contribution in [0.5, 0.6) is 0 Å². The van der Waals surface area contributed by atoms with Crippen molar-refractivity contribution in [1.29, 1.82) is 5.26 Å². The molecule has 35 heavy (non-hydrogen) atoms. The summed E-state index contributed by atoms with van der Waals surface area (Å²) < 4.78 is 28.7. The van der Waals surface area contributed by atoms with E-state index in [9.17, 15) is 8.78 Å². The molecular weight excluding hydrogens is 446 g/mol. The Labute approximate surface area is 203 Å². The topological polar surface area (TPSA) is 70.9 Å². The van der Waals surface area contributed by atoms with Gasteiger partial charge in [0.1, 0.15) is 6.07 Å². The maximum atomic E-state index is 12.9. The molecule has 0 aliphatic heterocycles. The van der Waals surface area contributed by atoms with Crippen LogP contribution in [0.3, 0.4) is 0 Å². The molecule has 5 rings (SSSR count). The Morgan fingerprint density at radius 3 is 2.57 bits per heavy atom. The van der Waals surface area contributed by atoms with E-state index in [0.717, 1.165) is 64.0 Å². The number of anilines is 1. The molecule has 0 bridgehead atoms. The molecule has 4 aromatic rings. The predicted molar refractivity (Wildman–Crippen MR) is 132 cm³/mol. The van der Waals surface area contributed by atoms with Crippen molar-refractivity contribution in [3.63, 3.8) is 0 Å². The van der Waals surface area contributed by atoms with Gasteiger partial charge in [0.2, 0.25) is 0 Å². The van der Waals surface area contributed by atoms with Crippen molar-refractivity contribution in [1.82, 2.24) is 19.2 Å². The van der Waals surface area contributed by atoms with Crippen LogP contribution >= 0.6 is 0 Å². The molecule has 6 nitrogen and oxygen atoms in total. The van der Waals surface area contributed by atoms with Crippen molar-refractivity contribution in [2.75, 3.05) is 5.32 Å². The Morgan fingerprint density at radius 2 is 1.89 bits per heavy atom. The first-order valence-corrected chi connectivity index (χ1v) is 12.0. The first-order chi connectivity index (χ1) is 16.9. The molecule has 1 fully saturated rings. The standard InChI is InChI=1S/C27H28F2N6/c1-17(2)23-15-31-25(26-8-7-22-11-18(13-30)14-32-35(22)26)12-24(23)33-21-5-3-19(4-6-21)20-9-10-34(16-20)27(28)29/h7-12,14-17,19,21,27H,3-6H2,1-2H3,(H,31,33). The lowest BCUT2D eigenvalue weighted by atomic mass is 9.82. The molecule has 8 heteroatoms. The number of alkyl halides is 2. The van der Waals surface area contributed by atoms with E-state index in [-0.39, 0.29) is 0 Å². The van der Waals surface area contributed by atoms with Crippen LogP contribution in [0.1, 0.15) is 74.6 Å². The van der Waals surface area contributed by atoms with Gasteiger partial charge < -0.3 is 5.32 Å². The van der Waals surface area contributed by atoms with E-state index in [1.807, 2.05) is 30.5 Å². The van der Waals surface area contributed by atoms with Crippen LogP contribution in [0, 0.1) is 11.3 Å². The van der Waals surface area contributed by atoms with Crippen LogP contribution in [0.4, 0.5) is 14.5 Å². The second-order valence-corrected chi connectivity index (χ2v) is 9.59. The highest BCUT2D eigenvalue weighted by Crippen LogP contribution is 2.36. The Bertz CT molecular complexity index is 1370. The number of nitrogens with one attached hydrogen (secondary N) is 1. The van der Waals surface area contributed by atoms with Gasteiger partial charge in [0, 0.05) is 30.3 Å². The van der Waals surface area contributed by atoms with E-state index in [1.54, 1.807) is 16.9 Å². The summed E-state index contributed by atoms with van der Waals surface area (Å²) in [6.07, 6.45) is 10.4. The minimum atomic E-state index is -2.49. The van der Waals surface area contributed by atoms with Crippen LogP contribution < -0.4 is 5.32 Å². The number of nitrogens with zero attached hydrogens (tertiary/aromatic N) is 5. The molecule has 0 amide bonds. The highest BCUT2D eigenvalue weighted by molar-refractivity contribution is 5.69. The van der Waals surface area contributed by atoms with Crippen LogP contribution in [0.15, 0.2) is 55.1 Å². The minimum absolute atomic E-state index is 0.310. The summed E-state index contributed by atoms with van der Waals surface area (Å²) in [4.78, 5) is 4.73. The van der Waals surface area contributed by atoms with E-state index in [4.69, 9.17) is 10.2 Å². The molecule has 1 aliphatic carbocycles. The van der Waals surface area contributed by atoms with Crippen molar-refractivity contribution in [2.24, 2.45) is 0 Å². The van der Waals surface area contributed by atoms with Gasteiger partial charge in [0.05, 0.1) is 28.7 Å². The van der Waals surface area contributed by atoms with E-state index in [0.29, 0.717) is 23.4 Å². The van der Waals surface area contributed by atoms with Gasteiger partial charge >= 0.3 is 6.55 Å². The molecule has 180 valence electrons. The van der Waals surface area contributed by atoms with Crippen molar-refractivity contribution in [3.8, 4) is 17.5 Å². The molecule has 0 saturated heterocycles. The fraction of sp³-hybridized carbons (Fsp3) is 0.370. The molecule has 4 heterocycles. The molecule has 0 aromatic carbocycles. The highest BCUT2D eigenvalue weighted by atomic mass is 19.3. The molecular formula is C27H28F2N6. The van der Waals surface area contributed by atoms with Crippen molar-refractivity contribution < 1.29 is 8.78 Å². The molecule has 1 saturated carbocycles. The lowest BCUT2D eigenvalue weighted by molar-refractivity contribution is 0.0705. The average Bonchev–Trinajstić information content (AvgIpc) is 3.52. The zero-order valence-electron chi connectivity index (χ0n) is 19.8. The fourth-order valence-corrected chi connectivity index (χ4v) is 5.03. The number of pyridine rings is 1. The molecule has 1 aliphatic rings. The lowest BCUT2D eigenvalue weighted by Gasteiger charge is -2.30. The number of aromatic nitrogens is 4. The van der Waals surface area contributed by atoms with Gasteiger partial charge in [-0.15, -0.1) is 0 Å². The first-order valence-electron chi connectivity index (χ1n) is 12.0. The zero-order valence-corrected chi connectivity index (χ0v) is 19.8. The number of fused-ring (bicyclic) bond motifs is 1. The smallest absolute Gasteiger partial charge is 0.318 e. The molecule has 4 aromatic heterocycles. The summed E-state index contributed by atoms with van der Waals surface area (Å²) >= 11 is 0. The molecule has 1 N–H and O–H groups in total. The van der Waals surface area contributed by atoms with Gasteiger partial charge in [0.25, 0.3) is 0 Å². The van der Waals surface area contributed by atoms with E-state index >= 15 is 0 Å². The Balaban J connectivity index is 1.35. The normalized spacial score (nSPS) is 18.3. The van der Waals surface area contributed by atoms with Gasteiger partial charge in [-0.25, -0.2) is 4.52 Å². The maximum Gasteiger partial charge on any atom is 0.318 e. The van der Waals surface area contributed by atoms with Gasteiger partial charge in [0.15, 0.2) is 0 Å². The van der Waals surface area contributed by atoms with Gasteiger partial charge in [-0.3, -0.25) is 9.55 Å². The summed E-state index contributed by atoms with van der Waals surface area (Å²) in [5.41, 5.74) is 6.29. The summed E-state index contributed by atoms with van der Waals surface area (Å²) in [7, 11) is 0. The first kappa shape index (κ1) is 23.0. The van der Waals surface area contributed by atoms with Gasteiger partial charge in [-0.1, -0.05) is 13.8 Å². The number of hydrogen-bond donors (Lipinski definition) is 1. The fourth-order valence-electron chi connectivity index (χ4n) is 5.03. The van der Waals surface area contributed by atoms with E-state index in [1.165, 1.54) is 6.20 Å². The summed E-state index contributed by atoms with van der Waals surface area (Å²) in [6.45, 7) is 1.83. The Kier molecular flexibility index (Phi) is 6.25. The summed E-state index contributed by atoms with van der Waals surface area (Å²) in [5, 5.41) is 17.3. The third-order valence-electron chi connectivity index (χ3n) is 6.97. The zero-order chi connectivity index (χ0) is 24.5. The quantitative estimate of drug-likeness (QED) is 0.336. The summed E-state index contributed by atoms with van der Waals surface area (Å²) in [6, 6.07) is 12.1. The number of hydrogen-bond acceptors (Lipinski definition) is 4. The van der Waals surface area contributed by atoms with Crippen molar-refractivity contribution in [2.45, 2.75) is 64.0 Å². The maximum absolute atomic E-state index is 12.9. The van der Waals surface area contributed by atoms with Crippen LogP contribution in [-0.2, 0) is 0 Å². The van der Waals surface area contributed by atoms with Gasteiger partial charge in [-0.05, 0) is 79.0 Å². The third kappa shape index (κ3) is 4.63. The van der Waals surface area contributed by atoms with Crippen molar-refractivity contribution >= 4 is 11.2 Å². The Morgan fingerprint density at radius 1 is 1.09 bits per heavy atom. The monoisotopic (exact) mass is 474 g/mol. The van der Waals surface area contributed by atoms with Crippen molar-refractivity contribution in [3.05, 3.63) is 71.8 Å². The molecule has 0 spiro atoms. The summed E-state index contributed by atoms with van der Waals surface area (Å²) in [5.74, 6) is 0.631. The Hall–Kier alpha value is -3.73. The van der Waals surface area contributed by atoms with Crippen LogP contribution in [0.2, 0.25) is 0 Å². The largest absolute Gasteiger partial charge is 0.382 e. The molecule has 0 radical (unpaired) electrons. The number of halogens is 2. The average molecular weight is 475 g/mol. The second kappa shape index (κ2) is 9.49. The lowest BCUT2D eigenvalue weighted by Crippen LogP contribution is -2.26. The second-order valence-electron chi connectivity index (χ2n) is 9.59. The van der Waals surface area contributed by atoms with Crippen LogP contribution in [-0.4, -0.2) is 25.2 Å². The van der Waals surface area contributed by atoms with E-state index < -0.39 is 6.55 Å².